The van der Waals surface area contributed by atoms with Gasteiger partial charge < -0.3 is 19.1 Å². The maximum Gasteiger partial charge on any atom is 0.342 e. The van der Waals surface area contributed by atoms with Crippen LogP contribution in [-0.4, -0.2) is 67.1 Å². The fourth-order valence-corrected chi connectivity index (χ4v) is 5.74. The number of ether oxygens (including phenoxy) is 2. The second kappa shape index (κ2) is 10.4. The molecule has 1 N–H and O–H groups in total. The number of Topliss-reactive ketones (excluding diaryl/α,β-unsaturated/α-hetero) is 1. The summed E-state index contributed by atoms with van der Waals surface area (Å²) in [6.45, 7) is 4.28. The van der Waals surface area contributed by atoms with Crippen molar-refractivity contribution in [2.45, 2.75) is 18.7 Å². The number of aryl methyl sites for hydroxylation is 1. The Bertz CT molecular complexity index is 1430. The molecule has 3 aromatic rings. The Kier molecular flexibility index (Phi) is 7.51. The van der Waals surface area contributed by atoms with Crippen molar-refractivity contribution >= 4 is 33.4 Å². The van der Waals surface area contributed by atoms with Crippen molar-refractivity contribution in [2.75, 3.05) is 32.9 Å². The van der Waals surface area contributed by atoms with Crippen LogP contribution in [-0.2, 0) is 19.5 Å². The average molecular weight is 533 g/mol. The van der Waals surface area contributed by atoms with Crippen LogP contribution in [0.1, 0.15) is 32.1 Å². The summed E-state index contributed by atoms with van der Waals surface area (Å²) in [6.07, 6.45) is 0. The van der Waals surface area contributed by atoms with Crippen molar-refractivity contribution in [3.63, 3.8) is 0 Å². The van der Waals surface area contributed by atoms with E-state index in [2.05, 4.69) is 0 Å². The van der Waals surface area contributed by atoms with Crippen LogP contribution in [0.25, 0.3) is 5.69 Å². The number of phenols is 1. The Hall–Kier alpha value is -3.18. The van der Waals surface area contributed by atoms with Crippen molar-refractivity contribution < 1.29 is 32.6 Å². The quantitative estimate of drug-likeness (QED) is 0.365. The van der Waals surface area contributed by atoms with E-state index >= 15 is 0 Å². The van der Waals surface area contributed by atoms with E-state index in [0.717, 1.165) is 0 Å². The number of hydrogen-bond donors (Lipinski definition) is 1. The zero-order valence-electron chi connectivity index (χ0n) is 19.7. The molecule has 190 valence electrons. The van der Waals surface area contributed by atoms with Crippen LogP contribution in [0, 0.1) is 13.8 Å². The molecule has 2 aromatic carbocycles. The van der Waals surface area contributed by atoms with Crippen molar-refractivity contribution in [3.05, 3.63) is 76.1 Å². The summed E-state index contributed by atoms with van der Waals surface area (Å²) in [6, 6.07) is 12.1. The second-order valence-corrected chi connectivity index (χ2v) is 10.7. The van der Waals surface area contributed by atoms with Crippen LogP contribution in [0.15, 0.2) is 53.4 Å². The van der Waals surface area contributed by atoms with Crippen LogP contribution in [0.3, 0.4) is 0 Å². The first kappa shape index (κ1) is 25.9. The molecule has 0 bridgehead atoms. The molecule has 2 heterocycles. The van der Waals surface area contributed by atoms with E-state index in [1.54, 1.807) is 48.7 Å². The van der Waals surface area contributed by atoms with Gasteiger partial charge in [0.05, 0.1) is 18.1 Å². The minimum atomic E-state index is -3.69. The lowest BCUT2D eigenvalue weighted by Gasteiger charge is -2.26. The van der Waals surface area contributed by atoms with Crippen LogP contribution in [0.2, 0.25) is 5.02 Å². The first-order valence-corrected chi connectivity index (χ1v) is 13.0. The number of benzene rings is 2. The smallest absolute Gasteiger partial charge is 0.342 e. The predicted molar refractivity (Wildman–Crippen MR) is 133 cm³/mol. The van der Waals surface area contributed by atoms with Crippen LogP contribution in [0.4, 0.5) is 0 Å². The number of ketones is 1. The molecule has 0 aliphatic carbocycles. The SMILES string of the molecule is Cc1cc(C(=O)COC(=O)c2ccc(Cl)cc2O)c(C)n1-c1cccc(S(=O)(=O)N2CCOCC2)c1. The number of esters is 1. The van der Waals surface area contributed by atoms with E-state index in [9.17, 15) is 23.1 Å². The molecule has 1 aliphatic rings. The van der Waals surface area contributed by atoms with Gasteiger partial charge in [-0.25, -0.2) is 13.2 Å². The van der Waals surface area contributed by atoms with E-state index in [0.29, 0.717) is 48.9 Å². The Morgan fingerprint density at radius 3 is 2.47 bits per heavy atom. The standard InChI is InChI=1S/C25H25ClN2O7S/c1-16-12-22(24(30)15-35-25(31)21-7-6-18(26)13-23(21)29)17(2)28(16)19-4-3-5-20(14-19)36(32,33)27-8-10-34-11-9-27/h3-7,12-14,29H,8-11,15H2,1-2H3. The van der Waals surface area contributed by atoms with E-state index in [1.165, 1.54) is 22.5 Å². The summed E-state index contributed by atoms with van der Waals surface area (Å²) in [5, 5.41) is 10.1. The third-order valence-electron chi connectivity index (χ3n) is 5.93. The van der Waals surface area contributed by atoms with Gasteiger partial charge in [-0.1, -0.05) is 17.7 Å². The van der Waals surface area contributed by atoms with Crippen LogP contribution >= 0.6 is 11.6 Å². The molecule has 0 unspecified atom stereocenters. The van der Waals surface area contributed by atoms with E-state index < -0.39 is 28.4 Å². The first-order valence-electron chi connectivity index (χ1n) is 11.2. The zero-order chi connectivity index (χ0) is 26.0. The third kappa shape index (κ3) is 5.17. The molecule has 4 rings (SSSR count). The van der Waals surface area contributed by atoms with Gasteiger partial charge in [-0.15, -0.1) is 0 Å². The second-order valence-electron chi connectivity index (χ2n) is 8.29. The fourth-order valence-electron chi connectivity index (χ4n) is 4.13. The summed E-state index contributed by atoms with van der Waals surface area (Å²) in [5.41, 5.74) is 2.10. The number of aromatic nitrogens is 1. The number of aromatic hydroxyl groups is 1. The number of hydrogen-bond acceptors (Lipinski definition) is 7. The summed E-state index contributed by atoms with van der Waals surface area (Å²) < 4.78 is 39.7. The number of nitrogens with zero attached hydrogens (tertiary/aromatic N) is 2. The molecule has 1 aliphatic heterocycles. The number of carbonyl (C=O) groups excluding carboxylic acids is 2. The Labute approximate surface area is 213 Å². The monoisotopic (exact) mass is 532 g/mol. The number of carbonyl (C=O) groups is 2. The van der Waals surface area contributed by atoms with E-state index in [1.807, 2.05) is 0 Å². The van der Waals surface area contributed by atoms with Gasteiger partial charge in [0.2, 0.25) is 15.8 Å². The maximum atomic E-state index is 13.1. The molecule has 0 spiro atoms. The molecule has 11 heteroatoms. The Balaban J connectivity index is 1.55. The predicted octanol–water partition coefficient (Wildman–Crippen LogP) is 3.51. The van der Waals surface area contributed by atoms with E-state index in [-0.39, 0.29) is 21.2 Å². The molecule has 1 aromatic heterocycles. The van der Waals surface area contributed by atoms with Crippen molar-refractivity contribution in [2.24, 2.45) is 0 Å². The minimum absolute atomic E-state index is 0.101. The van der Waals surface area contributed by atoms with Crippen LogP contribution < -0.4 is 0 Å². The molecule has 1 fully saturated rings. The number of rotatable bonds is 7. The molecule has 0 atom stereocenters. The largest absolute Gasteiger partial charge is 0.507 e. The maximum absolute atomic E-state index is 13.1. The summed E-state index contributed by atoms with van der Waals surface area (Å²) in [7, 11) is -3.69. The summed E-state index contributed by atoms with van der Waals surface area (Å²) in [4.78, 5) is 25.3. The number of sulfonamides is 1. The van der Waals surface area contributed by atoms with Crippen LogP contribution in [0.5, 0.6) is 5.75 Å². The molecular formula is C25H25ClN2O7S. The highest BCUT2D eigenvalue weighted by atomic mass is 35.5. The summed E-state index contributed by atoms with van der Waals surface area (Å²) in [5.74, 6) is -1.63. The first-order chi connectivity index (χ1) is 17.1. The van der Waals surface area contributed by atoms with Crippen molar-refractivity contribution in [1.82, 2.24) is 8.87 Å². The fraction of sp³-hybridized carbons (Fsp3) is 0.280. The third-order valence-corrected chi connectivity index (χ3v) is 8.06. The average Bonchev–Trinajstić information content (AvgIpc) is 3.16. The zero-order valence-corrected chi connectivity index (χ0v) is 21.3. The molecule has 0 radical (unpaired) electrons. The van der Waals surface area contributed by atoms with Gasteiger partial charge in [0.25, 0.3) is 0 Å². The molecule has 1 saturated heterocycles. The van der Waals surface area contributed by atoms with Gasteiger partial charge in [0, 0.05) is 40.8 Å². The number of morpholine rings is 1. The van der Waals surface area contributed by atoms with Gasteiger partial charge >= 0.3 is 5.97 Å². The van der Waals surface area contributed by atoms with Gasteiger partial charge in [0.1, 0.15) is 11.3 Å². The molecular weight excluding hydrogens is 508 g/mol. The van der Waals surface area contributed by atoms with E-state index in [4.69, 9.17) is 21.1 Å². The topological polar surface area (TPSA) is 115 Å². The minimum Gasteiger partial charge on any atom is -0.507 e. The van der Waals surface area contributed by atoms with Crippen molar-refractivity contribution in [3.8, 4) is 11.4 Å². The van der Waals surface area contributed by atoms with Gasteiger partial charge in [-0.05, 0) is 56.3 Å². The summed E-state index contributed by atoms with van der Waals surface area (Å²) >= 11 is 5.78. The van der Waals surface area contributed by atoms with Crippen molar-refractivity contribution in [1.29, 1.82) is 0 Å². The van der Waals surface area contributed by atoms with Gasteiger partial charge in [-0.3, -0.25) is 4.79 Å². The highest BCUT2D eigenvalue weighted by molar-refractivity contribution is 7.89. The molecule has 36 heavy (non-hydrogen) atoms. The molecule has 0 saturated carbocycles. The lowest BCUT2D eigenvalue weighted by molar-refractivity contribution is 0.0471. The lowest BCUT2D eigenvalue weighted by Crippen LogP contribution is -2.40. The van der Waals surface area contributed by atoms with Gasteiger partial charge in [0.15, 0.2) is 6.61 Å². The van der Waals surface area contributed by atoms with Gasteiger partial charge in [-0.2, -0.15) is 4.31 Å². The molecule has 0 amide bonds. The lowest BCUT2D eigenvalue weighted by atomic mass is 10.1. The Morgan fingerprint density at radius 1 is 1.06 bits per heavy atom. The molecule has 9 nitrogen and oxygen atoms in total. The highest BCUT2D eigenvalue weighted by Gasteiger charge is 2.27. The number of halogens is 1. The normalized spacial score (nSPS) is 14.5. The highest BCUT2D eigenvalue weighted by Crippen LogP contribution is 2.26. The Morgan fingerprint density at radius 2 is 1.78 bits per heavy atom. The number of phenolic OH excluding ortho intramolecular Hbond substituents is 1.